The molecule has 154 valence electrons. The van der Waals surface area contributed by atoms with Crippen LogP contribution in [-0.4, -0.2) is 56.5 Å². The van der Waals surface area contributed by atoms with Crippen molar-refractivity contribution in [1.82, 2.24) is 0 Å². The Kier molecular flexibility index (Phi) is 6.17. The third-order valence-electron chi connectivity index (χ3n) is 5.02. The number of anilines is 1. The molecule has 10 heteroatoms. The molecule has 2 heterocycles. The normalized spacial score (nSPS) is 25.6. The Labute approximate surface area is 174 Å². The first-order chi connectivity index (χ1) is 13.2. The first-order valence-corrected chi connectivity index (χ1v) is 12.0. The summed E-state index contributed by atoms with van der Waals surface area (Å²) < 4.78 is 35.1. The van der Waals surface area contributed by atoms with Crippen LogP contribution in [0.2, 0.25) is 5.02 Å². The number of carbonyl (C=O) groups is 1. The zero-order chi connectivity index (χ0) is 20.6. The minimum atomic E-state index is -3.16. The van der Waals surface area contributed by atoms with E-state index >= 15 is 0 Å². The van der Waals surface area contributed by atoms with Gasteiger partial charge in [0.15, 0.2) is 15.0 Å². The lowest BCUT2D eigenvalue weighted by atomic mass is 10.1. The molecular formula is C18H23ClN2O5S2. The Morgan fingerprint density at radius 3 is 2.61 bits per heavy atom. The van der Waals surface area contributed by atoms with Crippen LogP contribution in [0, 0.1) is 5.92 Å². The van der Waals surface area contributed by atoms with Crippen molar-refractivity contribution in [2.45, 2.75) is 31.6 Å². The highest BCUT2D eigenvalue weighted by Gasteiger charge is 2.50. The summed E-state index contributed by atoms with van der Waals surface area (Å²) >= 11 is 7.65. The summed E-state index contributed by atoms with van der Waals surface area (Å²) in [6, 6.07) is 2.97. The summed E-state index contributed by atoms with van der Waals surface area (Å²) in [6.07, 6.45) is 0.680. The molecule has 0 unspecified atom stereocenters. The molecule has 2 aliphatic heterocycles. The van der Waals surface area contributed by atoms with E-state index in [1.807, 2.05) is 13.8 Å². The Morgan fingerprint density at radius 2 is 2.00 bits per heavy atom. The number of hydrogen-bond donors (Lipinski definition) is 0. The van der Waals surface area contributed by atoms with Gasteiger partial charge in [0, 0.05) is 17.2 Å². The number of methoxy groups -OCH3 is 2. The van der Waals surface area contributed by atoms with Crippen LogP contribution in [0.4, 0.5) is 5.69 Å². The zero-order valence-electron chi connectivity index (χ0n) is 16.1. The van der Waals surface area contributed by atoms with E-state index in [1.165, 1.54) is 26.0 Å². The highest BCUT2D eigenvalue weighted by molar-refractivity contribution is 8.16. The molecule has 3 atom stereocenters. The molecular weight excluding hydrogens is 424 g/mol. The number of sulfone groups is 1. The first kappa shape index (κ1) is 21.3. The molecule has 0 N–H and O–H groups in total. The lowest BCUT2D eigenvalue weighted by Crippen LogP contribution is -2.38. The largest absolute Gasteiger partial charge is 0.495 e. The van der Waals surface area contributed by atoms with Crippen LogP contribution in [0.3, 0.4) is 0 Å². The van der Waals surface area contributed by atoms with Crippen molar-refractivity contribution in [2.24, 2.45) is 10.9 Å². The molecule has 0 radical (unpaired) electrons. The molecule has 0 aliphatic carbocycles. The number of nitrogens with zero attached hydrogens (tertiary/aromatic N) is 2. The SMILES string of the molecule is CC[C@H](C)C(=O)N=C1S[C@H]2CS(=O)(=O)C[C@H]2N1c1cc(Cl)c(OC)cc1OC. The number of aliphatic imine (C=N–C) groups is 1. The Morgan fingerprint density at radius 1 is 1.32 bits per heavy atom. The fraction of sp³-hybridized carbons (Fsp3) is 0.556. The van der Waals surface area contributed by atoms with Gasteiger partial charge in [0.1, 0.15) is 11.5 Å². The molecule has 2 aliphatic rings. The summed E-state index contributed by atoms with van der Waals surface area (Å²) in [5, 5.41) is 0.647. The second-order valence-corrected chi connectivity index (χ2v) is 10.6. The number of amidine groups is 1. The average molecular weight is 447 g/mol. The monoisotopic (exact) mass is 446 g/mol. The number of halogens is 1. The van der Waals surface area contributed by atoms with E-state index in [0.717, 1.165) is 0 Å². The van der Waals surface area contributed by atoms with Crippen molar-refractivity contribution in [2.75, 3.05) is 30.6 Å². The van der Waals surface area contributed by atoms with Crippen LogP contribution in [0.1, 0.15) is 20.3 Å². The summed E-state index contributed by atoms with van der Waals surface area (Å²) in [5.41, 5.74) is 0.570. The lowest BCUT2D eigenvalue weighted by Gasteiger charge is -2.27. The third-order valence-corrected chi connectivity index (χ3v) is 8.52. The number of fused-ring (bicyclic) bond motifs is 1. The van der Waals surface area contributed by atoms with Crippen LogP contribution in [0.15, 0.2) is 17.1 Å². The van der Waals surface area contributed by atoms with E-state index in [4.69, 9.17) is 21.1 Å². The number of rotatable bonds is 5. The molecule has 1 amide bonds. The fourth-order valence-corrected chi connectivity index (χ4v) is 7.41. The Balaban J connectivity index is 2.11. The smallest absolute Gasteiger partial charge is 0.250 e. The summed E-state index contributed by atoms with van der Waals surface area (Å²) in [5.74, 6) is 0.529. The molecule has 1 aromatic rings. The van der Waals surface area contributed by atoms with Crippen molar-refractivity contribution in [1.29, 1.82) is 0 Å². The molecule has 2 fully saturated rings. The molecule has 7 nitrogen and oxygen atoms in total. The zero-order valence-corrected chi connectivity index (χ0v) is 18.5. The Bertz CT molecular complexity index is 919. The molecule has 0 saturated carbocycles. The van der Waals surface area contributed by atoms with Gasteiger partial charge in [0.25, 0.3) is 5.91 Å². The fourth-order valence-electron chi connectivity index (χ4n) is 3.26. The molecule has 0 spiro atoms. The van der Waals surface area contributed by atoms with Crippen LogP contribution in [0.5, 0.6) is 11.5 Å². The molecule has 3 rings (SSSR count). The van der Waals surface area contributed by atoms with Crippen molar-refractivity contribution in [3.8, 4) is 11.5 Å². The summed E-state index contributed by atoms with van der Waals surface area (Å²) in [4.78, 5) is 18.6. The van der Waals surface area contributed by atoms with Crippen molar-refractivity contribution in [3.63, 3.8) is 0 Å². The average Bonchev–Trinajstić information content (AvgIpc) is 3.11. The van der Waals surface area contributed by atoms with Crippen molar-refractivity contribution in [3.05, 3.63) is 17.2 Å². The highest BCUT2D eigenvalue weighted by Crippen LogP contribution is 2.46. The maximum absolute atomic E-state index is 12.5. The molecule has 0 bridgehead atoms. The van der Waals surface area contributed by atoms with E-state index in [2.05, 4.69) is 4.99 Å². The highest BCUT2D eigenvalue weighted by atomic mass is 35.5. The van der Waals surface area contributed by atoms with Crippen molar-refractivity contribution >= 4 is 50.0 Å². The van der Waals surface area contributed by atoms with Gasteiger partial charge in [-0.05, 0) is 12.5 Å². The van der Waals surface area contributed by atoms with Gasteiger partial charge in [-0.15, -0.1) is 0 Å². The molecule has 1 aromatic carbocycles. The number of amides is 1. The van der Waals surface area contributed by atoms with Gasteiger partial charge in [0.05, 0.1) is 42.5 Å². The van der Waals surface area contributed by atoms with Gasteiger partial charge in [-0.2, -0.15) is 4.99 Å². The predicted molar refractivity (Wildman–Crippen MR) is 113 cm³/mol. The number of thioether (sulfide) groups is 1. The topological polar surface area (TPSA) is 85.3 Å². The van der Waals surface area contributed by atoms with Gasteiger partial charge in [-0.1, -0.05) is 37.2 Å². The van der Waals surface area contributed by atoms with Crippen LogP contribution >= 0.6 is 23.4 Å². The number of ether oxygens (including phenoxy) is 2. The van der Waals surface area contributed by atoms with Gasteiger partial charge < -0.3 is 14.4 Å². The van der Waals surface area contributed by atoms with E-state index in [1.54, 1.807) is 17.0 Å². The standard InChI is InChI=1S/C18H23ClN2O5S2/c1-5-10(2)17(22)20-18-21(13-8-28(23,24)9-16(13)27-18)12-6-11(19)14(25-3)7-15(12)26-4/h6-7,10,13,16H,5,8-9H2,1-4H3/t10-,13+,16-/m0/s1. The van der Waals surface area contributed by atoms with Crippen LogP contribution in [0.25, 0.3) is 0 Å². The minimum Gasteiger partial charge on any atom is -0.495 e. The number of carbonyl (C=O) groups excluding carboxylic acids is 1. The van der Waals surface area contributed by atoms with Gasteiger partial charge in [-0.3, -0.25) is 4.79 Å². The summed E-state index contributed by atoms with van der Waals surface area (Å²) in [7, 11) is -0.146. The van der Waals surface area contributed by atoms with Crippen molar-refractivity contribution < 1.29 is 22.7 Å². The molecule has 28 heavy (non-hydrogen) atoms. The third kappa shape index (κ3) is 3.97. The van der Waals surface area contributed by atoms with E-state index in [-0.39, 0.29) is 34.6 Å². The van der Waals surface area contributed by atoms with E-state index < -0.39 is 9.84 Å². The quantitative estimate of drug-likeness (QED) is 0.687. The van der Waals surface area contributed by atoms with Gasteiger partial charge in [0.2, 0.25) is 0 Å². The van der Waals surface area contributed by atoms with E-state index in [0.29, 0.717) is 33.8 Å². The Hall–Kier alpha value is -1.45. The van der Waals surface area contributed by atoms with Gasteiger partial charge in [-0.25, -0.2) is 8.42 Å². The lowest BCUT2D eigenvalue weighted by molar-refractivity contribution is -0.121. The maximum atomic E-state index is 12.5. The number of hydrogen-bond acceptors (Lipinski definition) is 6. The maximum Gasteiger partial charge on any atom is 0.250 e. The predicted octanol–water partition coefficient (Wildman–Crippen LogP) is 3.00. The van der Waals surface area contributed by atoms with Gasteiger partial charge >= 0.3 is 0 Å². The molecule has 0 aromatic heterocycles. The minimum absolute atomic E-state index is 0.00594. The molecule has 2 saturated heterocycles. The van der Waals surface area contributed by atoms with Crippen LogP contribution in [-0.2, 0) is 14.6 Å². The van der Waals surface area contributed by atoms with Crippen LogP contribution < -0.4 is 14.4 Å². The van der Waals surface area contributed by atoms with E-state index in [9.17, 15) is 13.2 Å². The summed E-state index contributed by atoms with van der Waals surface area (Å²) in [6.45, 7) is 3.75. The second kappa shape index (κ2) is 8.12. The second-order valence-electron chi connectivity index (χ2n) is 6.87. The number of benzene rings is 1. The first-order valence-electron chi connectivity index (χ1n) is 8.91.